The molecular formula is C33H32F6O2. The van der Waals surface area contributed by atoms with E-state index in [1.54, 1.807) is 12.1 Å². The van der Waals surface area contributed by atoms with E-state index in [4.69, 9.17) is 0 Å². The van der Waals surface area contributed by atoms with Crippen molar-refractivity contribution in [3.63, 3.8) is 0 Å². The lowest BCUT2D eigenvalue weighted by molar-refractivity contribution is -0.303. The fourth-order valence-corrected chi connectivity index (χ4v) is 4.26. The van der Waals surface area contributed by atoms with E-state index in [1.165, 1.54) is 29.3 Å². The number of allylic oxidation sites excluding steroid dienone is 3. The van der Waals surface area contributed by atoms with Crippen molar-refractivity contribution in [2.45, 2.75) is 57.7 Å². The average molecular weight is 575 g/mol. The third kappa shape index (κ3) is 12.0. The van der Waals surface area contributed by atoms with Gasteiger partial charge in [-0.2, -0.15) is 0 Å². The Morgan fingerprint density at radius 2 is 1.05 bits per heavy atom. The van der Waals surface area contributed by atoms with Crippen molar-refractivity contribution in [3.05, 3.63) is 121 Å². The molecule has 0 saturated carbocycles. The largest absolute Gasteiger partial charge is 0.573 e. The first-order valence-electron chi connectivity index (χ1n) is 13.2. The summed E-state index contributed by atoms with van der Waals surface area (Å²) >= 11 is 0. The first-order valence-corrected chi connectivity index (χ1v) is 13.2. The Labute approximate surface area is 236 Å². The number of unbranched alkanes of at least 4 members (excludes halogenated alkanes) is 4. The van der Waals surface area contributed by atoms with Gasteiger partial charge in [-0.05, 0) is 77.3 Å². The van der Waals surface area contributed by atoms with Crippen molar-refractivity contribution >= 4 is 5.57 Å². The van der Waals surface area contributed by atoms with E-state index in [0.29, 0.717) is 5.57 Å². The lowest BCUT2D eigenvalue weighted by Crippen LogP contribution is -2.16. The van der Waals surface area contributed by atoms with Crippen LogP contribution in [0.3, 0.4) is 0 Å². The van der Waals surface area contributed by atoms with Crippen LogP contribution in [0.5, 0.6) is 5.75 Å². The molecule has 0 heterocycles. The number of ether oxygens (including phenoxy) is 2. The van der Waals surface area contributed by atoms with Crippen molar-refractivity contribution in [2.24, 2.45) is 0 Å². The molecule has 3 aromatic rings. The van der Waals surface area contributed by atoms with Gasteiger partial charge in [-0.15, -0.1) is 26.3 Å². The molecule has 0 bridgehead atoms. The number of hydrogen-bond acceptors (Lipinski definition) is 2. The highest BCUT2D eigenvalue weighted by Gasteiger charge is 2.31. The van der Waals surface area contributed by atoms with Gasteiger partial charge in [0.25, 0.3) is 0 Å². The minimum absolute atomic E-state index is 0.239. The SMILES string of the molecule is C=C(/C=C/C(=C)c1ccc(CCCCCCCc2ccc(-c3ccc(OC(F)(F)F)cc3)cc2)cc1)OC(F)(F)F. The highest BCUT2D eigenvalue weighted by atomic mass is 19.4. The molecule has 0 aliphatic heterocycles. The fourth-order valence-electron chi connectivity index (χ4n) is 4.26. The summed E-state index contributed by atoms with van der Waals surface area (Å²) in [4.78, 5) is 0. The summed E-state index contributed by atoms with van der Waals surface area (Å²) in [5.41, 5.74) is 5.54. The molecule has 41 heavy (non-hydrogen) atoms. The summed E-state index contributed by atoms with van der Waals surface area (Å²) in [5, 5.41) is 0. The molecule has 3 rings (SSSR count). The zero-order chi connectivity index (χ0) is 29.9. The smallest absolute Gasteiger partial charge is 0.406 e. The van der Waals surface area contributed by atoms with Gasteiger partial charge in [0.05, 0.1) is 0 Å². The van der Waals surface area contributed by atoms with E-state index >= 15 is 0 Å². The van der Waals surface area contributed by atoms with Crippen LogP contribution >= 0.6 is 0 Å². The highest BCUT2D eigenvalue weighted by Crippen LogP contribution is 2.27. The maximum Gasteiger partial charge on any atom is 0.573 e. The maximum atomic E-state index is 12.3. The van der Waals surface area contributed by atoms with Gasteiger partial charge >= 0.3 is 12.7 Å². The second-order valence-corrected chi connectivity index (χ2v) is 9.61. The van der Waals surface area contributed by atoms with Crippen molar-refractivity contribution in [3.8, 4) is 16.9 Å². The van der Waals surface area contributed by atoms with Gasteiger partial charge in [0, 0.05) is 0 Å². The Balaban J connectivity index is 1.31. The van der Waals surface area contributed by atoms with Gasteiger partial charge < -0.3 is 9.47 Å². The molecule has 0 spiro atoms. The first-order chi connectivity index (χ1) is 19.4. The number of rotatable bonds is 14. The summed E-state index contributed by atoms with van der Waals surface area (Å²) in [6, 6.07) is 21.7. The van der Waals surface area contributed by atoms with E-state index in [0.717, 1.165) is 67.7 Å². The molecule has 0 aliphatic rings. The summed E-state index contributed by atoms with van der Waals surface area (Å²) < 4.78 is 81.2. The molecule has 0 aromatic heterocycles. The minimum Gasteiger partial charge on any atom is -0.406 e. The van der Waals surface area contributed by atoms with Crippen LogP contribution in [0.4, 0.5) is 26.3 Å². The van der Waals surface area contributed by atoms with Gasteiger partial charge in [-0.25, -0.2) is 0 Å². The highest BCUT2D eigenvalue weighted by molar-refractivity contribution is 5.72. The van der Waals surface area contributed by atoms with Crippen LogP contribution in [0, 0.1) is 0 Å². The van der Waals surface area contributed by atoms with Gasteiger partial charge in [0.2, 0.25) is 0 Å². The van der Waals surface area contributed by atoms with Crippen LogP contribution in [0.25, 0.3) is 16.7 Å². The molecule has 0 aliphatic carbocycles. The molecule has 3 aromatic carbocycles. The molecule has 0 amide bonds. The van der Waals surface area contributed by atoms with Crippen LogP contribution < -0.4 is 4.74 Å². The summed E-state index contributed by atoms with van der Waals surface area (Å²) in [6.45, 7) is 7.10. The Morgan fingerprint density at radius 1 is 0.585 bits per heavy atom. The van der Waals surface area contributed by atoms with Crippen molar-refractivity contribution < 1.29 is 35.8 Å². The van der Waals surface area contributed by atoms with E-state index < -0.39 is 18.5 Å². The Bertz CT molecular complexity index is 1290. The topological polar surface area (TPSA) is 18.5 Å². The fraction of sp³-hybridized carbons (Fsp3) is 0.273. The minimum atomic E-state index is -4.77. The molecule has 0 N–H and O–H groups in total. The van der Waals surface area contributed by atoms with Crippen molar-refractivity contribution in [1.82, 2.24) is 0 Å². The van der Waals surface area contributed by atoms with E-state index in [-0.39, 0.29) is 5.75 Å². The quantitative estimate of drug-likeness (QED) is 0.0825. The van der Waals surface area contributed by atoms with Gasteiger partial charge in [-0.3, -0.25) is 0 Å². The molecular weight excluding hydrogens is 542 g/mol. The number of aryl methyl sites for hydroxylation is 2. The molecule has 8 heteroatoms. The molecule has 0 atom stereocenters. The lowest BCUT2D eigenvalue weighted by atomic mass is 9.99. The standard InChI is InChI=1S/C33H32F6O2/c1-24(10-11-25(2)40-32(34,35)36)28-16-12-26(13-17-28)8-6-4-3-5-7-9-27-14-18-29(19-15-27)30-20-22-31(23-21-30)41-33(37,38)39/h10-23H,1-9H2/b11-10+. The van der Waals surface area contributed by atoms with Crippen molar-refractivity contribution in [1.29, 1.82) is 0 Å². The number of halogens is 6. The van der Waals surface area contributed by atoms with Gasteiger partial charge in [0.1, 0.15) is 11.5 Å². The predicted octanol–water partition coefficient (Wildman–Crippen LogP) is 10.6. The molecule has 0 fully saturated rings. The van der Waals surface area contributed by atoms with E-state index in [1.807, 2.05) is 36.4 Å². The molecule has 0 saturated heterocycles. The number of benzene rings is 3. The van der Waals surface area contributed by atoms with Crippen molar-refractivity contribution in [2.75, 3.05) is 0 Å². The molecule has 2 nitrogen and oxygen atoms in total. The maximum absolute atomic E-state index is 12.3. The Hall–Kier alpha value is -3.94. The van der Waals surface area contributed by atoms with Crippen LogP contribution in [-0.4, -0.2) is 12.7 Å². The predicted molar refractivity (Wildman–Crippen MR) is 150 cm³/mol. The molecule has 218 valence electrons. The van der Waals surface area contributed by atoms with Crippen LogP contribution in [0.1, 0.15) is 48.8 Å². The molecule has 0 unspecified atom stereocenters. The monoisotopic (exact) mass is 574 g/mol. The normalized spacial score (nSPS) is 12.0. The van der Waals surface area contributed by atoms with Gasteiger partial charge in [0.15, 0.2) is 0 Å². The molecule has 0 radical (unpaired) electrons. The first kappa shape index (κ1) is 31.6. The lowest BCUT2D eigenvalue weighted by Gasteiger charge is -2.09. The summed E-state index contributed by atoms with van der Waals surface area (Å²) in [6.07, 6.45) is 0.544. The zero-order valence-corrected chi connectivity index (χ0v) is 22.5. The van der Waals surface area contributed by atoms with E-state index in [2.05, 4.69) is 34.8 Å². The van der Waals surface area contributed by atoms with Gasteiger partial charge in [-0.1, -0.05) is 99.2 Å². The average Bonchev–Trinajstić information content (AvgIpc) is 2.90. The Kier molecular flexibility index (Phi) is 11.3. The van der Waals surface area contributed by atoms with E-state index in [9.17, 15) is 26.3 Å². The third-order valence-corrected chi connectivity index (χ3v) is 6.35. The number of hydrogen-bond donors (Lipinski definition) is 0. The summed E-state index contributed by atoms with van der Waals surface area (Å²) in [5.74, 6) is -0.740. The second-order valence-electron chi connectivity index (χ2n) is 9.61. The van der Waals surface area contributed by atoms with Crippen LogP contribution in [-0.2, 0) is 17.6 Å². The third-order valence-electron chi connectivity index (χ3n) is 6.35. The zero-order valence-electron chi connectivity index (χ0n) is 22.5. The summed E-state index contributed by atoms with van der Waals surface area (Å²) in [7, 11) is 0. The Morgan fingerprint density at radius 3 is 1.54 bits per heavy atom. The number of alkyl halides is 6. The van der Waals surface area contributed by atoms with Crippen LogP contribution in [0.15, 0.2) is 104 Å². The second kappa shape index (κ2) is 14.6. The van der Waals surface area contributed by atoms with Crippen LogP contribution in [0.2, 0.25) is 0 Å².